The van der Waals surface area contributed by atoms with Gasteiger partial charge in [-0.1, -0.05) is 27.1 Å². The monoisotopic (exact) mass is 186 g/mol. The van der Waals surface area contributed by atoms with Crippen molar-refractivity contribution in [2.45, 2.75) is 25.7 Å². The maximum absolute atomic E-state index is 3.52. The van der Waals surface area contributed by atoms with Gasteiger partial charge in [0.1, 0.15) is 0 Å². The SMILES string of the molecule is BrCC1=C2CCC(C1)C2. The van der Waals surface area contributed by atoms with Gasteiger partial charge in [0, 0.05) is 5.33 Å². The Bertz CT molecular complexity index is 158. The van der Waals surface area contributed by atoms with Crippen LogP contribution >= 0.6 is 15.9 Å². The van der Waals surface area contributed by atoms with Crippen LogP contribution in [-0.2, 0) is 0 Å². The van der Waals surface area contributed by atoms with E-state index in [1.807, 2.05) is 0 Å². The molecule has 0 radical (unpaired) electrons. The summed E-state index contributed by atoms with van der Waals surface area (Å²) in [5.41, 5.74) is 3.49. The minimum Gasteiger partial charge on any atom is -0.0880 e. The summed E-state index contributed by atoms with van der Waals surface area (Å²) in [6, 6.07) is 0. The van der Waals surface area contributed by atoms with Gasteiger partial charge in [-0.3, -0.25) is 0 Å². The Morgan fingerprint density at radius 2 is 2.33 bits per heavy atom. The van der Waals surface area contributed by atoms with E-state index in [1.165, 1.54) is 25.7 Å². The zero-order chi connectivity index (χ0) is 6.27. The molecule has 0 aromatic heterocycles. The van der Waals surface area contributed by atoms with Crippen molar-refractivity contribution in [2.75, 3.05) is 5.33 Å². The van der Waals surface area contributed by atoms with E-state index in [0.717, 1.165) is 11.2 Å². The highest BCUT2D eigenvalue weighted by Gasteiger charge is 2.28. The minimum absolute atomic E-state index is 1.05. The summed E-state index contributed by atoms with van der Waals surface area (Å²) in [5, 5.41) is 1.14. The molecule has 0 aromatic rings. The molecule has 2 aliphatic rings. The second-order valence-electron chi connectivity index (χ2n) is 3.15. The van der Waals surface area contributed by atoms with Gasteiger partial charge in [0.15, 0.2) is 0 Å². The van der Waals surface area contributed by atoms with Crippen LogP contribution in [0.5, 0.6) is 0 Å². The molecule has 0 spiro atoms. The van der Waals surface area contributed by atoms with E-state index >= 15 is 0 Å². The first-order valence-corrected chi connectivity index (χ1v) is 4.78. The third-order valence-electron chi connectivity index (χ3n) is 2.59. The van der Waals surface area contributed by atoms with Crippen LogP contribution in [0.4, 0.5) is 0 Å². The highest BCUT2D eigenvalue weighted by molar-refractivity contribution is 9.09. The largest absolute Gasteiger partial charge is 0.0880 e. The lowest BCUT2D eigenvalue weighted by Crippen LogP contribution is -1.94. The van der Waals surface area contributed by atoms with Crippen molar-refractivity contribution < 1.29 is 0 Å². The first-order valence-electron chi connectivity index (χ1n) is 3.66. The normalized spacial score (nSPS) is 32.3. The maximum Gasteiger partial charge on any atom is 0.0244 e. The van der Waals surface area contributed by atoms with Crippen LogP contribution in [0.25, 0.3) is 0 Å². The molecule has 9 heavy (non-hydrogen) atoms. The fourth-order valence-corrected chi connectivity index (χ4v) is 2.69. The topological polar surface area (TPSA) is 0 Å². The first kappa shape index (κ1) is 5.96. The van der Waals surface area contributed by atoms with E-state index < -0.39 is 0 Å². The Labute approximate surface area is 64.5 Å². The Morgan fingerprint density at radius 1 is 1.44 bits per heavy atom. The van der Waals surface area contributed by atoms with Crippen LogP contribution in [-0.4, -0.2) is 5.33 Å². The fraction of sp³-hybridized carbons (Fsp3) is 0.750. The number of alkyl halides is 1. The van der Waals surface area contributed by atoms with E-state index in [-0.39, 0.29) is 0 Å². The van der Waals surface area contributed by atoms with Crippen LogP contribution in [0, 0.1) is 5.92 Å². The molecule has 0 aromatic carbocycles. The third kappa shape index (κ3) is 0.861. The standard InChI is InChI=1S/C8H11Br/c9-5-8-4-6-1-2-7(8)3-6/h6H,1-5H2. The van der Waals surface area contributed by atoms with E-state index in [0.29, 0.717) is 0 Å². The summed E-state index contributed by atoms with van der Waals surface area (Å²) in [6.45, 7) is 0. The molecule has 2 bridgehead atoms. The van der Waals surface area contributed by atoms with Crippen molar-refractivity contribution in [3.05, 3.63) is 11.1 Å². The van der Waals surface area contributed by atoms with Crippen molar-refractivity contribution >= 4 is 15.9 Å². The predicted octanol–water partition coefficient (Wildman–Crippen LogP) is 2.88. The van der Waals surface area contributed by atoms with Crippen molar-refractivity contribution in [1.82, 2.24) is 0 Å². The van der Waals surface area contributed by atoms with Gasteiger partial charge in [0.05, 0.1) is 0 Å². The van der Waals surface area contributed by atoms with Gasteiger partial charge in [-0.2, -0.15) is 0 Å². The van der Waals surface area contributed by atoms with Crippen LogP contribution < -0.4 is 0 Å². The van der Waals surface area contributed by atoms with Gasteiger partial charge in [-0.15, -0.1) is 0 Å². The van der Waals surface area contributed by atoms with Gasteiger partial charge in [0.25, 0.3) is 0 Å². The fourth-order valence-electron chi connectivity index (χ4n) is 2.07. The highest BCUT2D eigenvalue weighted by atomic mass is 79.9. The van der Waals surface area contributed by atoms with Crippen molar-refractivity contribution in [3.63, 3.8) is 0 Å². The van der Waals surface area contributed by atoms with Gasteiger partial charge >= 0.3 is 0 Å². The molecule has 1 fully saturated rings. The summed E-state index contributed by atoms with van der Waals surface area (Å²) in [5.74, 6) is 1.05. The molecule has 2 rings (SSSR count). The molecule has 1 saturated carbocycles. The summed E-state index contributed by atoms with van der Waals surface area (Å²) >= 11 is 3.52. The average Bonchev–Trinajstić information content (AvgIpc) is 2.45. The van der Waals surface area contributed by atoms with Crippen LogP contribution in [0.1, 0.15) is 25.7 Å². The number of allylic oxidation sites excluding steroid dienone is 2. The Morgan fingerprint density at radius 3 is 2.67 bits per heavy atom. The molecule has 0 amide bonds. The second kappa shape index (κ2) is 2.12. The molecule has 0 heterocycles. The molecule has 0 nitrogen and oxygen atoms in total. The molecular formula is C8H11Br. The van der Waals surface area contributed by atoms with Gasteiger partial charge in [-0.05, 0) is 31.6 Å². The van der Waals surface area contributed by atoms with Crippen molar-refractivity contribution in [2.24, 2.45) is 5.92 Å². The lowest BCUT2D eigenvalue weighted by Gasteiger charge is -2.07. The smallest absolute Gasteiger partial charge is 0.0244 e. The second-order valence-corrected chi connectivity index (χ2v) is 3.71. The number of hydrogen-bond acceptors (Lipinski definition) is 0. The van der Waals surface area contributed by atoms with Crippen molar-refractivity contribution in [1.29, 1.82) is 0 Å². The molecule has 1 atom stereocenters. The number of fused-ring (bicyclic) bond motifs is 2. The zero-order valence-electron chi connectivity index (χ0n) is 5.49. The van der Waals surface area contributed by atoms with E-state index in [2.05, 4.69) is 15.9 Å². The van der Waals surface area contributed by atoms with E-state index in [9.17, 15) is 0 Å². The number of rotatable bonds is 1. The molecule has 1 unspecified atom stereocenters. The third-order valence-corrected chi connectivity index (χ3v) is 3.26. The Balaban J connectivity index is 2.22. The van der Waals surface area contributed by atoms with Gasteiger partial charge in [0.2, 0.25) is 0 Å². The average molecular weight is 187 g/mol. The number of hydrogen-bond donors (Lipinski definition) is 0. The van der Waals surface area contributed by atoms with E-state index in [4.69, 9.17) is 0 Å². The van der Waals surface area contributed by atoms with Crippen LogP contribution in [0.15, 0.2) is 11.1 Å². The summed E-state index contributed by atoms with van der Waals surface area (Å²) in [4.78, 5) is 0. The summed E-state index contributed by atoms with van der Waals surface area (Å²) in [7, 11) is 0. The molecular weight excluding hydrogens is 176 g/mol. The lowest BCUT2D eigenvalue weighted by atomic mass is 10.0. The van der Waals surface area contributed by atoms with Gasteiger partial charge < -0.3 is 0 Å². The van der Waals surface area contributed by atoms with E-state index in [1.54, 1.807) is 11.1 Å². The summed E-state index contributed by atoms with van der Waals surface area (Å²) in [6.07, 6.45) is 5.72. The van der Waals surface area contributed by atoms with Gasteiger partial charge in [-0.25, -0.2) is 0 Å². The first-order chi connectivity index (χ1) is 4.40. The quantitative estimate of drug-likeness (QED) is 0.437. The minimum atomic E-state index is 1.05. The lowest BCUT2D eigenvalue weighted by molar-refractivity contribution is 0.564. The molecule has 0 saturated heterocycles. The molecule has 50 valence electrons. The maximum atomic E-state index is 3.52. The predicted molar refractivity (Wildman–Crippen MR) is 42.8 cm³/mol. The van der Waals surface area contributed by atoms with Crippen LogP contribution in [0.2, 0.25) is 0 Å². The summed E-state index contributed by atoms with van der Waals surface area (Å²) < 4.78 is 0. The zero-order valence-corrected chi connectivity index (χ0v) is 7.08. The molecule has 0 aliphatic heterocycles. The van der Waals surface area contributed by atoms with Crippen molar-refractivity contribution in [3.8, 4) is 0 Å². The highest BCUT2D eigenvalue weighted by Crippen LogP contribution is 2.44. The Kier molecular flexibility index (Phi) is 1.40. The van der Waals surface area contributed by atoms with Crippen LogP contribution in [0.3, 0.4) is 0 Å². The molecule has 1 heteroatoms. The molecule has 0 N–H and O–H groups in total. The molecule has 2 aliphatic carbocycles. The number of halogens is 1. The Hall–Kier alpha value is 0.220.